The van der Waals surface area contributed by atoms with Gasteiger partial charge in [0.05, 0.1) is 11.1 Å². The van der Waals surface area contributed by atoms with Crippen LogP contribution < -0.4 is 5.32 Å². The molecule has 0 aromatic heterocycles. The van der Waals surface area contributed by atoms with Gasteiger partial charge in [-0.1, -0.05) is 22.9 Å². The maximum atomic E-state index is 12.4. The number of hydrogen-bond acceptors (Lipinski definition) is 3. The molecule has 1 aromatic rings. The molecule has 0 aliphatic carbocycles. The normalized spacial score (nSPS) is 21.2. The Morgan fingerprint density at radius 3 is 2.55 bits per heavy atom. The Kier molecular flexibility index (Phi) is 3.42. The van der Waals surface area contributed by atoms with Crippen molar-refractivity contribution in [2.45, 2.75) is 19.8 Å². The van der Waals surface area contributed by atoms with Crippen LogP contribution in [0.3, 0.4) is 0 Å². The van der Waals surface area contributed by atoms with Crippen molar-refractivity contribution in [1.82, 2.24) is 10.2 Å². The molecule has 0 bridgehead atoms. The van der Waals surface area contributed by atoms with Crippen LogP contribution in [0.4, 0.5) is 0 Å². The summed E-state index contributed by atoms with van der Waals surface area (Å²) in [6.07, 6.45) is 1.98. The molecule has 2 aliphatic heterocycles. The van der Waals surface area contributed by atoms with Crippen molar-refractivity contribution in [3.05, 3.63) is 33.8 Å². The Morgan fingerprint density at radius 1 is 1.20 bits per heavy atom. The second kappa shape index (κ2) is 4.97. The molecular weight excluding hydrogens is 320 g/mol. The van der Waals surface area contributed by atoms with Crippen molar-refractivity contribution >= 4 is 27.7 Å². The van der Waals surface area contributed by atoms with Crippen LogP contribution in [0, 0.1) is 5.41 Å². The summed E-state index contributed by atoms with van der Waals surface area (Å²) in [4.78, 5) is 26.3. The molecule has 0 atom stereocenters. The number of hydrogen-bond donors (Lipinski definition) is 1. The smallest absolute Gasteiger partial charge is 0.261 e. The summed E-state index contributed by atoms with van der Waals surface area (Å²) in [6, 6.07) is 5.27. The highest BCUT2D eigenvalue weighted by Gasteiger charge is 2.40. The van der Waals surface area contributed by atoms with Gasteiger partial charge in [-0.15, -0.1) is 0 Å². The molecule has 106 valence electrons. The van der Waals surface area contributed by atoms with E-state index in [2.05, 4.69) is 28.2 Å². The molecule has 2 heterocycles. The van der Waals surface area contributed by atoms with E-state index in [1.165, 1.54) is 4.90 Å². The topological polar surface area (TPSA) is 49.4 Å². The van der Waals surface area contributed by atoms with E-state index < -0.39 is 0 Å². The molecule has 0 unspecified atom stereocenters. The summed E-state index contributed by atoms with van der Waals surface area (Å²) in [5.41, 5.74) is 1.06. The average molecular weight is 337 g/mol. The summed E-state index contributed by atoms with van der Waals surface area (Å²) < 4.78 is 0.826. The molecule has 0 spiro atoms. The van der Waals surface area contributed by atoms with E-state index in [9.17, 15) is 9.59 Å². The molecule has 1 N–H and O–H groups in total. The van der Waals surface area contributed by atoms with E-state index in [0.29, 0.717) is 17.7 Å². The molecule has 2 aliphatic rings. The Balaban J connectivity index is 1.86. The maximum Gasteiger partial charge on any atom is 0.261 e. The van der Waals surface area contributed by atoms with Crippen LogP contribution in [0.25, 0.3) is 0 Å². The second-order valence-corrected chi connectivity index (χ2v) is 6.86. The lowest BCUT2D eigenvalue weighted by Gasteiger charge is -2.36. The van der Waals surface area contributed by atoms with Gasteiger partial charge in [-0.25, -0.2) is 0 Å². The fourth-order valence-electron chi connectivity index (χ4n) is 2.98. The lowest BCUT2D eigenvalue weighted by atomic mass is 9.80. The number of nitrogens with one attached hydrogen (secondary N) is 1. The number of carbonyl (C=O) groups excluding carboxylic acids is 2. The maximum absolute atomic E-state index is 12.4. The van der Waals surface area contributed by atoms with Crippen LogP contribution in [-0.4, -0.2) is 36.3 Å². The van der Waals surface area contributed by atoms with E-state index >= 15 is 0 Å². The van der Waals surface area contributed by atoms with Gasteiger partial charge < -0.3 is 5.32 Å². The van der Waals surface area contributed by atoms with E-state index in [-0.39, 0.29) is 17.2 Å². The minimum atomic E-state index is -0.161. The number of fused-ring (bicyclic) bond motifs is 1. The number of amides is 2. The predicted molar refractivity (Wildman–Crippen MR) is 79.7 cm³/mol. The van der Waals surface area contributed by atoms with Gasteiger partial charge in [-0.2, -0.15) is 0 Å². The molecule has 3 rings (SSSR count). The first-order valence-electron chi connectivity index (χ1n) is 6.87. The fraction of sp³-hybridized carbons (Fsp3) is 0.467. The van der Waals surface area contributed by atoms with Crippen LogP contribution in [-0.2, 0) is 0 Å². The molecular formula is C15H17BrN2O2. The van der Waals surface area contributed by atoms with Crippen molar-refractivity contribution in [2.24, 2.45) is 5.41 Å². The van der Waals surface area contributed by atoms with Crippen molar-refractivity contribution in [3.8, 4) is 0 Å². The zero-order valence-corrected chi connectivity index (χ0v) is 13.0. The van der Waals surface area contributed by atoms with Gasteiger partial charge >= 0.3 is 0 Å². The molecule has 1 fully saturated rings. The Hall–Kier alpha value is -1.20. The minimum absolute atomic E-state index is 0.0237. The number of imide groups is 1. The molecule has 2 amide bonds. The van der Waals surface area contributed by atoms with Gasteiger partial charge in [0.1, 0.15) is 0 Å². The lowest BCUT2D eigenvalue weighted by Crippen LogP contribution is -2.45. The standard InChI is InChI=1S/C15H17BrN2O2/c1-15(4-6-17-7-5-15)9-18-13(19)11-3-2-10(16)8-12(11)14(18)20/h2-3,8,17H,4-7,9H2,1H3. The number of nitrogens with zero attached hydrogens (tertiary/aromatic N) is 1. The number of benzene rings is 1. The van der Waals surface area contributed by atoms with Crippen LogP contribution >= 0.6 is 15.9 Å². The first-order chi connectivity index (χ1) is 9.50. The Bertz CT molecular complexity index is 579. The summed E-state index contributed by atoms with van der Waals surface area (Å²) in [5.74, 6) is -0.316. The molecule has 0 radical (unpaired) electrons. The summed E-state index contributed by atoms with van der Waals surface area (Å²) in [5, 5.41) is 3.32. The van der Waals surface area contributed by atoms with E-state index in [4.69, 9.17) is 0 Å². The predicted octanol–water partition coefficient (Wildman–Crippen LogP) is 2.43. The molecule has 0 saturated carbocycles. The number of carbonyl (C=O) groups is 2. The highest BCUT2D eigenvalue weighted by Crippen LogP contribution is 2.33. The van der Waals surface area contributed by atoms with Gasteiger partial charge in [0, 0.05) is 11.0 Å². The Morgan fingerprint density at radius 2 is 1.85 bits per heavy atom. The van der Waals surface area contributed by atoms with E-state index in [1.54, 1.807) is 18.2 Å². The highest BCUT2D eigenvalue weighted by molar-refractivity contribution is 9.10. The van der Waals surface area contributed by atoms with Crippen LogP contribution in [0.15, 0.2) is 22.7 Å². The first-order valence-corrected chi connectivity index (χ1v) is 7.66. The van der Waals surface area contributed by atoms with Gasteiger partial charge in [-0.3, -0.25) is 14.5 Å². The quantitative estimate of drug-likeness (QED) is 0.844. The molecule has 20 heavy (non-hydrogen) atoms. The zero-order chi connectivity index (χ0) is 14.3. The van der Waals surface area contributed by atoms with Gasteiger partial charge in [-0.05, 0) is 49.5 Å². The summed E-state index contributed by atoms with van der Waals surface area (Å²) in [6.45, 7) is 4.57. The van der Waals surface area contributed by atoms with Crippen LogP contribution in [0.2, 0.25) is 0 Å². The fourth-order valence-corrected chi connectivity index (χ4v) is 3.34. The van der Waals surface area contributed by atoms with Gasteiger partial charge in [0.25, 0.3) is 11.8 Å². The third-order valence-corrected chi connectivity index (χ3v) is 4.78. The third kappa shape index (κ3) is 2.29. The van der Waals surface area contributed by atoms with Gasteiger partial charge in [0.2, 0.25) is 0 Å². The van der Waals surface area contributed by atoms with Crippen molar-refractivity contribution in [3.63, 3.8) is 0 Å². The largest absolute Gasteiger partial charge is 0.317 e. The third-order valence-electron chi connectivity index (χ3n) is 4.28. The molecule has 1 saturated heterocycles. The van der Waals surface area contributed by atoms with Crippen molar-refractivity contribution in [1.29, 1.82) is 0 Å². The van der Waals surface area contributed by atoms with Gasteiger partial charge in [0.15, 0.2) is 0 Å². The van der Waals surface area contributed by atoms with Crippen molar-refractivity contribution in [2.75, 3.05) is 19.6 Å². The van der Waals surface area contributed by atoms with Crippen molar-refractivity contribution < 1.29 is 9.59 Å². The zero-order valence-electron chi connectivity index (χ0n) is 11.4. The second-order valence-electron chi connectivity index (χ2n) is 5.95. The van der Waals surface area contributed by atoms with E-state index in [1.807, 2.05) is 0 Å². The van der Waals surface area contributed by atoms with Crippen LogP contribution in [0.1, 0.15) is 40.5 Å². The molecule has 4 nitrogen and oxygen atoms in total. The summed E-state index contributed by atoms with van der Waals surface area (Å²) in [7, 11) is 0. The van der Waals surface area contributed by atoms with Crippen LogP contribution in [0.5, 0.6) is 0 Å². The first kappa shape index (κ1) is 13.8. The molecule has 5 heteroatoms. The van der Waals surface area contributed by atoms with E-state index in [0.717, 1.165) is 30.4 Å². The SMILES string of the molecule is CC1(CN2C(=O)c3ccc(Br)cc3C2=O)CCNCC1. The number of piperidine rings is 1. The average Bonchev–Trinajstić information content (AvgIpc) is 2.64. The number of rotatable bonds is 2. The molecule has 1 aromatic carbocycles. The number of halogens is 1. The monoisotopic (exact) mass is 336 g/mol. The minimum Gasteiger partial charge on any atom is -0.317 e. The highest BCUT2D eigenvalue weighted by atomic mass is 79.9. The Labute approximate surface area is 126 Å². The summed E-state index contributed by atoms with van der Waals surface area (Å²) >= 11 is 3.35. The lowest BCUT2D eigenvalue weighted by molar-refractivity contribution is 0.0548.